The Morgan fingerprint density at radius 1 is 1.28 bits per heavy atom. The maximum Gasteiger partial charge on any atom is 0.190 e. The highest BCUT2D eigenvalue weighted by molar-refractivity contribution is 5.17. The fraction of sp³-hybridized carbons (Fsp3) is 0.500. The van der Waals surface area contributed by atoms with Gasteiger partial charge < -0.3 is 23.7 Å². The first-order valence-corrected chi connectivity index (χ1v) is 8.50. The van der Waals surface area contributed by atoms with Crippen LogP contribution in [0.15, 0.2) is 55.1 Å². The molecule has 0 saturated carbocycles. The van der Waals surface area contributed by atoms with Crippen molar-refractivity contribution in [1.29, 1.82) is 0 Å². The summed E-state index contributed by atoms with van der Waals surface area (Å²) in [6, 6.07) is 9.89. The van der Waals surface area contributed by atoms with Crippen molar-refractivity contribution in [3.63, 3.8) is 0 Å². The molecule has 25 heavy (non-hydrogen) atoms. The van der Waals surface area contributed by atoms with E-state index in [2.05, 4.69) is 13.2 Å². The zero-order valence-electron chi connectivity index (χ0n) is 14.9. The molecule has 0 aliphatic carbocycles. The van der Waals surface area contributed by atoms with E-state index in [-0.39, 0.29) is 12.2 Å². The van der Waals surface area contributed by atoms with Crippen LogP contribution >= 0.6 is 0 Å². The molecule has 1 aromatic rings. The molecule has 5 nitrogen and oxygen atoms in total. The Kier molecular flexibility index (Phi) is 5.71. The average Bonchev–Trinajstić information content (AvgIpc) is 2.65. The van der Waals surface area contributed by atoms with Crippen LogP contribution in [0, 0.1) is 0 Å². The predicted octanol–water partition coefficient (Wildman–Crippen LogP) is 3.38. The van der Waals surface area contributed by atoms with E-state index < -0.39 is 18.2 Å². The van der Waals surface area contributed by atoms with Crippen LogP contribution in [0.2, 0.25) is 0 Å². The molecule has 2 aliphatic rings. The van der Waals surface area contributed by atoms with Gasteiger partial charge >= 0.3 is 0 Å². The van der Waals surface area contributed by atoms with Crippen molar-refractivity contribution in [3.05, 3.63) is 60.7 Å². The van der Waals surface area contributed by atoms with Gasteiger partial charge in [0, 0.05) is 19.1 Å². The monoisotopic (exact) mass is 346 g/mol. The Labute approximate surface area is 149 Å². The van der Waals surface area contributed by atoms with Crippen LogP contribution in [0.25, 0.3) is 0 Å². The zero-order valence-corrected chi connectivity index (χ0v) is 14.9. The first-order chi connectivity index (χ1) is 12.1. The van der Waals surface area contributed by atoms with Crippen LogP contribution in [0.3, 0.4) is 0 Å². The van der Waals surface area contributed by atoms with Crippen LogP contribution in [-0.2, 0) is 23.7 Å². The quantitative estimate of drug-likeness (QED) is 0.739. The van der Waals surface area contributed by atoms with Crippen molar-refractivity contribution in [2.45, 2.75) is 43.7 Å². The number of hydrogen-bond donors (Lipinski definition) is 0. The third-order valence-corrected chi connectivity index (χ3v) is 4.56. The molecule has 2 saturated heterocycles. The molecule has 3 rings (SSSR count). The minimum absolute atomic E-state index is 0.173. The lowest BCUT2D eigenvalue weighted by Crippen LogP contribution is -2.60. The van der Waals surface area contributed by atoms with Gasteiger partial charge in [0.2, 0.25) is 0 Å². The topological polar surface area (TPSA) is 46.2 Å². The number of rotatable bonds is 6. The fourth-order valence-electron chi connectivity index (χ4n) is 3.23. The molecule has 1 unspecified atom stereocenters. The highest BCUT2D eigenvalue weighted by Gasteiger charge is 2.51. The molecular weight excluding hydrogens is 320 g/mol. The van der Waals surface area contributed by atoms with Crippen LogP contribution in [0.4, 0.5) is 0 Å². The van der Waals surface area contributed by atoms with Crippen molar-refractivity contribution in [2.24, 2.45) is 0 Å². The van der Waals surface area contributed by atoms with Crippen molar-refractivity contribution in [1.82, 2.24) is 0 Å². The van der Waals surface area contributed by atoms with Crippen molar-refractivity contribution in [3.8, 4) is 0 Å². The standard InChI is InChI=1S/C20H26O5/c1-5-20(23-12-14(2)3)11-16-17(25-19(20)21-4)13-22-18(24-16)15-9-7-6-8-10-15/h5-10,16-19H,1-2,11-13H2,3-4H3/t16-,17+,18?,19-,20+/m0/s1. The van der Waals surface area contributed by atoms with Crippen LogP contribution in [0.5, 0.6) is 0 Å². The summed E-state index contributed by atoms with van der Waals surface area (Å²) in [6.45, 7) is 10.6. The molecule has 2 fully saturated rings. The second-order valence-electron chi connectivity index (χ2n) is 6.60. The lowest BCUT2D eigenvalue weighted by atomic mass is 9.88. The van der Waals surface area contributed by atoms with Crippen molar-refractivity contribution in [2.75, 3.05) is 20.3 Å². The van der Waals surface area contributed by atoms with Gasteiger partial charge in [0.25, 0.3) is 0 Å². The summed E-state index contributed by atoms with van der Waals surface area (Å²) in [5.41, 5.74) is 1.13. The van der Waals surface area contributed by atoms with Gasteiger partial charge in [0.1, 0.15) is 11.7 Å². The third kappa shape index (κ3) is 3.86. The molecular formula is C20H26O5. The first kappa shape index (κ1) is 18.3. The molecule has 0 amide bonds. The molecule has 2 aliphatic heterocycles. The highest BCUT2D eigenvalue weighted by atomic mass is 16.8. The number of fused-ring (bicyclic) bond motifs is 1. The summed E-state index contributed by atoms with van der Waals surface area (Å²) in [7, 11) is 1.60. The second kappa shape index (κ2) is 7.81. The molecule has 2 heterocycles. The maximum atomic E-state index is 6.18. The van der Waals surface area contributed by atoms with E-state index in [1.165, 1.54) is 0 Å². The van der Waals surface area contributed by atoms with Gasteiger partial charge in [-0.05, 0) is 6.92 Å². The first-order valence-electron chi connectivity index (χ1n) is 8.50. The second-order valence-corrected chi connectivity index (χ2v) is 6.60. The van der Waals surface area contributed by atoms with Crippen molar-refractivity contribution < 1.29 is 23.7 Å². The average molecular weight is 346 g/mol. The summed E-state index contributed by atoms with van der Waals surface area (Å²) < 4.78 is 29.7. The van der Waals surface area contributed by atoms with E-state index in [4.69, 9.17) is 23.7 Å². The minimum atomic E-state index is -0.784. The van der Waals surface area contributed by atoms with E-state index >= 15 is 0 Å². The Bertz CT molecular complexity index is 601. The summed E-state index contributed by atoms with van der Waals surface area (Å²) in [5, 5.41) is 0. The lowest BCUT2D eigenvalue weighted by Gasteiger charge is -2.49. The normalized spacial score (nSPS) is 35.0. The lowest BCUT2D eigenvalue weighted by molar-refractivity contribution is -0.351. The van der Waals surface area contributed by atoms with E-state index in [0.29, 0.717) is 19.6 Å². The Morgan fingerprint density at radius 3 is 2.68 bits per heavy atom. The van der Waals surface area contributed by atoms with Gasteiger partial charge in [-0.25, -0.2) is 0 Å². The Balaban J connectivity index is 1.77. The molecule has 5 atom stereocenters. The van der Waals surface area contributed by atoms with E-state index in [1.807, 2.05) is 37.3 Å². The van der Waals surface area contributed by atoms with Gasteiger partial charge in [0.15, 0.2) is 12.6 Å². The molecule has 0 spiro atoms. The van der Waals surface area contributed by atoms with E-state index in [1.54, 1.807) is 13.2 Å². The van der Waals surface area contributed by atoms with Gasteiger partial charge in [-0.2, -0.15) is 0 Å². The number of ether oxygens (including phenoxy) is 5. The van der Waals surface area contributed by atoms with Crippen LogP contribution in [0.1, 0.15) is 25.2 Å². The van der Waals surface area contributed by atoms with Crippen LogP contribution in [-0.4, -0.2) is 44.4 Å². The number of methoxy groups -OCH3 is 1. The van der Waals surface area contributed by atoms with E-state index in [0.717, 1.165) is 11.1 Å². The highest BCUT2D eigenvalue weighted by Crippen LogP contribution is 2.40. The zero-order chi connectivity index (χ0) is 17.9. The Morgan fingerprint density at radius 2 is 2.04 bits per heavy atom. The van der Waals surface area contributed by atoms with Crippen molar-refractivity contribution >= 4 is 0 Å². The Hall–Kier alpha value is -1.50. The SMILES string of the molecule is C=C[C@@]1(OCC(=C)C)C[C@@H]2OC(c3ccccc3)OC[C@H]2O[C@@H]1OC. The van der Waals surface area contributed by atoms with Gasteiger partial charge in [-0.3, -0.25) is 0 Å². The molecule has 0 radical (unpaired) electrons. The van der Waals surface area contributed by atoms with E-state index in [9.17, 15) is 0 Å². The minimum Gasteiger partial charge on any atom is -0.361 e. The molecule has 136 valence electrons. The molecule has 0 bridgehead atoms. The summed E-state index contributed by atoms with van der Waals surface area (Å²) in [6.07, 6.45) is 0.982. The molecule has 0 aromatic heterocycles. The fourth-order valence-corrected chi connectivity index (χ4v) is 3.23. The molecule has 1 aromatic carbocycles. The van der Waals surface area contributed by atoms with Gasteiger partial charge in [-0.15, -0.1) is 6.58 Å². The third-order valence-electron chi connectivity index (χ3n) is 4.56. The summed E-state index contributed by atoms with van der Waals surface area (Å²) >= 11 is 0. The van der Waals surface area contributed by atoms with Gasteiger partial charge in [0.05, 0.1) is 19.3 Å². The molecule has 5 heteroatoms. The number of benzene rings is 1. The summed E-state index contributed by atoms with van der Waals surface area (Å²) in [4.78, 5) is 0. The predicted molar refractivity (Wildman–Crippen MR) is 94.0 cm³/mol. The summed E-state index contributed by atoms with van der Waals surface area (Å²) in [5.74, 6) is 0. The maximum absolute atomic E-state index is 6.18. The molecule has 0 N–H and O–H groups in total. The largest absolute Gasteiger partial charge is 0.361 e. The van der Waals surface area contributed by atoms with Crippen LogP contribution < -0.4 is 0 Å². The smallest absolute Gasteiger partial charge is 0.190 e. The number of hydrogen-bond acceptors (Lipinski definition) is 5. The van der Waals surface area contributed by atoms with Gasteiger partial charge in [-0.1, -0.05) is 48.6 Å².